The molecule has 1 aliphatic rings. The lowest BCUT2D eigenvalue weighted by atomic mass is 10.0. The van der Waals surface area contributed by atoms with Gasteiger partial charge in [0, 0.05) is 17.2 Å². The highest BCUT2D eigenvalue weighted by Crippen LogP contribution is 2.26. The molecule has 0 bridgehead atoms. The molecule has 0 saturated heterocycles. The Morgan fingerprint density at radius 3 is 2.75 bits per heavy atom. The highest BCUT2D eigenvalue weighted by Gasteiger charge is 2.20. The third-order valence-corrected chi connectivity index (χ3v) is 2.45. The van der Waals surface area contributed by atoms with Crippen LogP contribution in [0.2, 0.25) is 0 Å². The Kier molecular flexibility index (Phi) is 2.73. The predicted molar refractivity (Wildman–Crippen MR) is 65.2 cm³/mol. The Morgan fingerprint density at radius 1 is 1.19 bits per heavy atom. The number of benzene rings is 1. The summed E-state index contributed by atoms with van der Waals surface area (Å²) in [7, 11) is 0. The standard InChI is InChI=1S/C14H12O2/c1-2-3-4-5-10-6-7-11-12(8-10)14(16)9-13(11)15/h2-9,16H,1H3/b3-2-,5-4-. The number of hydrogen-bond donors (Lipinski definition) is 1. The van der Waals surface area contributed by atoms with Gasteiger partial charge in [-0.3, -0.25) is 4.79 Å². The number of carbonyl (C=O) groups excluding carboxylic acids is 1. The van der Waals surface area contributed by atoms with Crippen molar-refractivity contribution in [2.24, 2.45) is 0 Å². The normalized spacial score (nSPS) is 14.8. The van der Waals surface area contributed by atoms with Crippen LogP contribution in [0.5, 0.6) is 0 Å². The van der Waals surface area contributed by atoms with E-state index >= 15 is 0 Å². The Labute approximate surface area is 94.2 Å². The predicted octanol–water partition coefficient (Wildman–Crippen LogP) is 3.37. The van der Waals surface area contributed by atoms with E-state index in [1.54, 1.807) is 6.07 Å². The second kappa shape index (κ2) is 4.19. The second-order valence-electron chi connectivity index (χ2n) is 3.58. The molecule has 0 aromatic heterocycles. The van der Waals surface area contributed by atoms with Crippen molar-refractivity contribution >= 4 is 17.6 Å². The zero-order chi connectivity index (χ0) is 11.5. The van der Waals surface area contributed by atoms with Crippen molar-refractivity contribution in [3.8, 4) is 0 Å². The molecule has 0 radical (unpaired) electrons. The fourth-order valence-corrected chi connectivity index (χ4v) is 1.65. The minimum Gasteiger partial charge on any atom is -0.507 e. The summed E-state index contributed by atoms with van der Waals surface area (Å²) in [5, 5.41) is 9.55. The van der Waals surface area contributed by atoms with Gasteiger partial charge < -0.3 is 5.11 Å². The average molecular weight is 212 g/mol. The number of rotatable bonds is 2. The Balaban J connectivity index is 2.37. The molecular formula is C14H12O2. The Bertz CT molecular complexity index is 520. The molecule has 0 amide bonds. The molecule has 1 aromatic carbocycles. The van der Waals surface area contributed by atoms with Gasteiger partial charge in [-0.2, -0.15) is 0 Å². The maximum atomic E-state index is 11.4. The Morgan fingerprint density at radius 2 is 2.00 bits per heavy atom. The minimum atomic E-state index is -0.128. The van der Waals surface area contributed by atoms with E-state index in [4.69, 9.17) is 0 Å². The smallest absolute Gasteiger partial charge is 0.190 e. The van der Waals surface area contributed by atoms with E-state index in [-0.39, 0.29) is 11.5 Å². The molecule has 1 N–H and O–H groups in total. The zero-order valence-corrected chi connectivity index (χ0v) is 8.97. The van der Waals surface area contributed by atoms with Crippen LogP contribution < -0.4 is 0 Å². The maximum Gasteiger partial charge on any atom is 0.190 e. The lowest BCUT2D eigenvalue weighted by molar-refractivity contribution is 0.104. The summed E-state index contributed by atoms with van der Waals surface area (Å²) in [4.78, 5) is 11.4. The summed E-state index contributed by atoms with van der Waals surface area (Å²) in [6, 6.07) is 5.42. The van der Waals surface area contributed by atoms with Gasteiger partial charge in [-0.25, -0.2) is 0 Å². The SMILES string of the molecule is C/C=C\C=C/c1ccc2c(c1)C(O)=CC2=O. The molecule has 1 aliphatic carbocycles. The molecular weight excluding hydrogens is 200 g/mol. The number of hydrogen-bond acceptors (Lipinski definition) is 2. The summed E-state index contributed by atoms with van der Waals surface area (Å²) >= 11 is 0. The minimum absolute atomic E-state index is 0.0567. The lowest BCUT2D eigenvalue weighted by Gasteiger charge is -2.00. The van der Waals surface area contributed by atoms with E-state index in [1.807, 2.05) is 43.4 Å². The van der Waals surface area contributed by atoms with Crippen LogP contribution in [0.4, 0.5) is 0 Å². The van der Waals surface area contributed by atoms with E-state index < -0.39 is 0 Å². The quantitative estimate of drug-likeness (QED) is 0.763. The van der Waals surface area contributed by atoms with Crippen molar-refractivity contribution in [3.63, 3.8) is 0 Å². The van der Waals surface area contributed by atoms with Crippen LogP contribution in [0.15, 0.2) is 42.5 Å². The molecule has 16 heavy (non-hydrogen) atoms. The van der Waals surface area contributed by atoms with Crippen LogP contribution in [-0.4, -0.2) is 10.9 Å². The summed E-state index contributed by atoms with van der Waals surface area (Å²) in [6.45, 7) is 1.94. The van der Waals surface area contributed by atoms with Gasteiger partial charge in [-0.1, -0.05) is 30.4 Å². The van der Waals surface area contributed by atoms with Gasteiger partial charge in [-0.05, 0) is 24.6 Å². The summed E-state index contributed by atoms with van der Waals surface area (Å²) in [5.74, 6) is -0.0715. The highest BCUT2D eigenvalue weighted by molar-refractivity contribution is 6.15. The van der Waals surface area contributed by atoms with E-state index in [1.165, 1.54) is 6.08 Å². The fraction of sp³-hybridized carbons (Fsp3) is 0.0714. The van der Waals surface area contributed by atoms with Crippen molar-refractivity contribution in [3.05, 3.63) is 59.2 Å². The maximum absolute atomic E-state index is 11.4. The van der Waals surface area contributed by atoms with Gasteiger partial charge in [0.2, 0.25) is 0 Å². The molecule has 2 rings (SSSR count). The van der Waals surface area contributed by atoms with Crippen LogP contribution in [-0.2, 0) is 0 Å². The number of aliphatic hydroxyl groups is 1. The first-order chi connectivity index (χ1) is 7.72. The molecule has 0 atom stereocenters. The summed E-state index contributed by atoms with van der Waals surface area (Å²) in [5.41, 5.74) is 2.15. The molecule has 0 heterocycles. The average Bonchev–Trinajstić information content (AvgIpc) is 2.55. The summed E-state index contributed by atoms with van der Waals surface area (Å²) < 4.78 is 0. The first-order valence-corrected chi connectivity index (χ1v) is 5.11. The third-order valence-electron chi connectivity index (χ3n) is 2.45. The number of allylic oxidation sites excluding steroid dienone is 4. The van der Waals surface area contributed by atoms with E-state index in [2.05, 4.69) is 0 Å². The molecule has 0 spiro atoms. The Hall–Kier alpha value is -2.09. The van der Waals surface area contributed by atoms with Crippen molar-refractivity contribution in [2.45, 2.75) is 6.92 Å². The van der Waals surface area contributed by atoms with Crippen LogP contribution in [0.3, 0.4) is 0 Å². The molecule has 0 aliphatic heterocycles. The van der Waals surface area contributed by atoms with Gasteiger partial charge in [0.25, 0.3) is 0 Å². The molecule has 0 saturated carbocycles. The number of fused-ring (bicyclic) bond motifs is 1. The monoisotopic (exact) mass is 212 g/mol. The molecule has 80 valence electrons. The third kappa shape index (κ3) is 1.82. The molecule has 2 nitrogen and oxygen atoms in total. The lowest BCUT2D eigenvalue weighted by Crippen LogP contribution is -1.91. The fourth-order valence-electron chi connectivity index (χ4n) is 1.65. The molecule has 0 fully saturated rings. The highest BCUT2D eigenvalue weighted by atomic mass is 16.3. The second-order valence-corrected chi connectivity index (χ2v) is 3.58. The number of aliphatic hydroxyl groups excluding tert-OH is 1. The topological polar surface area (TPSA) is 37.3 Å². The number of ketones is 1. The number of carbonyl (C=O) groups is 1. The molecule has 0 unspecified atom stereocenters. The van der Waals surface area contributed by atoms with Crippen LogP contribution in [0, 0.1) is 0 Å². The van der Waals surface area contributed by atoms with Crippen molar-refractivity contribution in [1.82, 2.24) is 0 Å². The van der Waals surface area contributed by atoms with Crippen LogP contribution in [0.25, 0.3) is 11.8 Å². The van der Waals surface area contributed by atoms with Crippen LogP contribution in [0.1, 0.15) is 28.4 Å². The molecule has 2 heteroatoms. The van der Waals surface area contributed by atoms with Gasteiger partial charge in [0.05, 0.1) is 0 Å². The first kappa shape index (κ1) is 10.4. The van der Waals surface area contributed by atoms with E-state index in [9.17, 15) is 9.90 Å². The zero-order valence-electron chi connectivity index (χ0n) is 8.97. The van der Waals surface area contributed by atoms with E-state index in [0.717, 1.165) is 5.56 Å². The van der Waals surface area contributed by atoms with Gasteiger partial charge >= 0.3 is 0 Å². The van der Waals surface area contributed by atoms with Gasteiger partial charge in [0.1, 0.15) is 5.76 Å². The van der Waals surface area contributed by atoms with Gasteiger partial charge in [0.15, 0.2) is 5.78 Å². The molecule has 1 aromatic rings. The van der Waals surface area contributed by atoms with E-state index in [0.29, 0.717) is 11.1 Å². The van der Waals surface area contributed by atoms with Crippen molar-refractivity contribution < 1.29 is 9.90 Å². The van der Waals surface area contributed by atoms with Crippen molar-refractivity contribution in [1.29, 1.82) is 0 Å². The van der Waals surface area contributed by atoms with Crippen molar-refractivity contribution in [2.75, 3.05) is 0 Å². The first-order valence-electron chi connectivity index (χ1n) is 5.11. The van der Waals surface area contributed by atoms with Crippen LogP contribution >= 0.6 is 0 Å². The van der Waals surface area contributed by atoms with Gasteiger partial charge in [-0.15, -0.1) is 0 Å². The summed E-state index contributed by atoms with van der Waals surface area (Å²) in [6.07, 6.45) is 8.96. The largest absolute Gasteiger partial charge is 0.507 e.